The lowest BCUT2D eigenvalue weighted by atomic mass is 9.92. The van der Waals surface area contributed by atoms with Gasteiger partial charge in [-0.25, -0.2) is 0 Å². The summed E-state index contributed by atoms with van der Waals surface area (Å²) in [6.45, 7) is 4.50. The van der Waals surface area contributed by atoms with Crippen LogP contribution >= 0.6 is 0 Å². The van der Waals surface area contributed by atoms with Gasteiger partial charge in [0.1, 0.15) is 0 Å². The Morgan fingerprint density at radius 1 is 1.40 bits per heavy atom. The first-order valence-corrected chi connectivity index (χ1v) is 5.96. The van der Waals surface area contributed by atoms with E-state index in [1.54, 1.807) is 6.20 Å². The Hall–Kier alpha value is -1.05. The van der Waals surface area contributed by atoms with Crippen LogP contribution in [0.15, 0.2) is 18.5 Å². The monoisotopic (exact) mass is 206 g/mol. The quantitative estimate of drug-likeness (QED) is 0.774. The first-order chi connectivity index (χ1) is 7.27. The Kier molecular flexibility index (Phi) is 5.16. The summed E-state index contributed by atoms with van der Waals surface area (Å²) in [4.78, 5) is 4.13. The minimum absolute atomic E-state index is 0.761. The van der Waals surface area contributed by atoms with E-state index < -0.39 is 0 Å². The number of anilines is 1. The molecular weight excluding hydrogens is 184 g/mol. The van der Waals surface area contributed by atoms with Gasteiger partial charge in [0.05, 0.1) is 0 Å². The summed E-state index contributed by atoms with van der Waals surface area (Å²) in [6, 6.07) is 1.89. The Morgan fingerprint density at radius 3 is 2.80 bits per heavy atom. The molecule has 84 valence electrons. The molecule has 0 aliphatic heterocycles. The van der Waals surface area contributed by atoms with Crippen molar-refractivity contribution in [2.24, 2.45) is 5.92 Å². The van der Waals surface area contributed by atoms with Crippen LogP contribution in [-0.2, 0) is 6.42 Å². The van der Waals surface area contributed by atoms with Crippen molar-refractivity contribution in [3.63, 3.8) is 0 Å². The van der Waals surface area contributed by atoms with Crippen LogP contribution in [0.4, 0.5) is 5.69 Å². The summed E-state index contributed by atoms with van der Waals surface area (Å²) in [5.74, 6) is 0.761. The summed E-state index contributed by atoms with van der Waals surface area (Å²) in [5.41, 5.74) is 8.01. The van der Waals surface area contributed by atoms with E-state index in [0.717, 1.165) is 18.0 Å². The van der Waals surface area contributed by atoms with Crippen molar-refractivity contribution in [3.8, 4) is 0 Å². The molecule has 0 amide bonds. The summed E-state index contributed by atoms with van der Waals surface area (Å²) >= 11 is 0. The van der Waals surface area contributed by atoms with Gasteiger partial charge in [0.2, 0.25) is 0 Å². The predicted molar refractivity (Wildman–Crippen MR) is 65.7 cm³/mol. The van der Waals surface area contributed by atoms with Gasteiger partial charge < -0.3 is 5.73 Å². The van der Waals surface area contributed by atoms with Crippen molar-refractivity contribution >= 4 is 5.69 Å². The van der Waals surface area contributed by atoms with Crippen LogP contribution in [0.2, 0.25) is 0 Å². The average Bonchev–Trinajstić information content (AvgIpc) is 2.26. The molecule has 0 bridgehead atoms. The Bertz CT molecular complexity index is 284. The molecule has 0 saturated carbocycles. The zero-order chi connectivity index (χ0) is 11.1. The molecule has 0 saturated heterocycles. The molecule has 0 aliphatic carbocycles. The minimum atomic E-state index is 0.761. The minimum Gasteiger partial charge on any atom is -0.398 e. The molecule has 1 rings (SSSR count). The molecule has 1 atom stereocenters. The highest BCUT2D eigenvalue weighted by Gasteiger charge is 2.08. The van der Waals surface area contributed by atoms with E-state index in [0.29, 0.717) is 0 Å². The number of nitrogens with two attached hydrogens (primary N) is 1. The van der Waals surface area contributed by atoms with Crippen LogP contribution in [0, 0.1) is 5.92 Å². The number of aromatic nitrogens is 1. The van der Waals surface area contributed by atoms with E-state index in [-0.39, 0.29) is 0 Å². The van der Waals surface area contributed by atoms with Gasteiger partial charge in [0, 0.05) is 18.1 Å². The third kappa shape index (κ3) is 3.90. The molecule has 0 aliphatic rings. The number of nitrogens with zero attached hydrogens (tertiary/aromatic N) is 1. The molecule has 0 spiro atoms. The number of rotatable bonds is 6. The highest BCUT2D eigenvalue weighted by atomic mass is 14.7. The lowest BCUT2D eigenvalue weighted by molar-refractivity contribution is 0.449. The maximum atomic E-state index is 5.91. The van der Waals surface area contributed by atoms with Crippen LogP contribution in [0.5, 0.6) is 0 Å². The normalized spacial score (nSPS) is 12.7. The van der Waals surface area contributed by atoms with Crippen molar-refractivity contribution in [1.29, 1.82) is 0 Å². The van der Waals surface area contributed by atoms with E-state index >= 15 is 0 Å². The largest absolute Gasteiger partial charge is 0.398 e. The van der Waals surface area contributed by atoms with Crippen molar-refractivity contribution < 1.29 is 0 Å². The molecule has 1 heterocycles. The van der Waals surface area contributed by atoms with Crippen LogP contribution in [0.3, 0.4) is 0 Å². The van der Waals surface area contributed by atoms with E-state index in [1.165, 1.54) is 31.2 Å². The molecule has 2 heteroatoms. The number of hydrogen-bond donors (Lipinski definition) is 1. The average molecular weight is 206 g/mol. The highest BCUT2D eigenvalue weighted by molar-refractivity contribution is 5.44. The van der Waals surface area contributed by atoms with E-state index in [2.05, 4.69) is 18.8 Å². The lowest BCUT2D eigenvalue weighted by Crippen LogP contribution is -2.06. The van der Waals surface area contributed by atoms with Crippen molar-refractivity contribution in [1.82, 2.24) is 4.98 Å². The second-order valence-electron chi connectivity index (χ2n) is 4.20. The van der Waals surface area contributed by atoms with Crippen LogP contribution in [0.25, 0.3) is 0 Å². The van der Waals surface area contributed by atoms with E-state index in [4.69, 9.17) is 5.73 Å². The summed E-state index contributed by atoms with van der Waals surface area (Å²) in [6.07, 6.45) is 9.87. The fourth-order valence-electron chi connectivity index (χ4n) is 1.86. The molecule has 15 heavy (non-hydrogen) atoms. The van der Waals surface area contributed by atoms with Crippen LogP contribution < -0.4 is 5.73 Å². The molecule has 0 radical (unpaired) electrons. The third-order valence-electron chi connectivity index (χ3n) is 2.99. The maximum absolute atomic E-state index is 5.91. The second kappa shape index (κ2) is 6.44. The smallest absolute Gasteiger partial charge is 0.0377 e. The van der Waals surface area contributed by atoms with E-state index in [1.807, 2.05) is 12.3 Å². The number of pyridine rings is 1. The lowest BCUT2D eigenvalue weighted by Gasteiger charge is -2.15. The van der Waals surface area contributed by atoms with Crippen molar-refractivity contribution in [2.75, 3.05) is 5.73 Å². The predicted octanol–water partition coefficient (Wildman–Crippen LogP) is 3.42. The van der Waals surface area contributed by atoms with Gasteiger partial charge in [-0.2, -0.15) is 0 Å². The second-order valence-corrected chi connectivity index (χ2v) is 4.20. The van der Waals surface area contributed by atoms with Gasteiger partial charge in [-0.1, -0.05) is 39.5 Å². The van der Waals surface area contributed by atoms with Gasteiger partial charge in [0.15, 0.2) is 0 Å². The molecule has 1 unspecified atom stereocenters. The highest BCUT2D eigenvalue weighted by Crippen LogP contribution is 2.21. The Balaban J connectivity index is 2.54. The van der Waals surface area contributed by atoms with Gasteiger partial charge >= 0.3 is 0 Å². The fraction of sp³-hybridized carbons (Fsp3) is 0.615. The number of hydrogen-bond acceptors (Lipinski definition) is 2. The Morgan fingerprint density at radius 2 is 2.20 bits per heavy atom. The SMILES string of the molecule is CCCCC(CC)Cc1cnccc1N. The van der Waals surface area contributed by atoms with Gasteiger partial charge in [-0.15, -0.1) is 0 Å². The number of nitrogen functional groups attached to an aromatic ring is 1. The van der Waals surface area contributed by atoms with Crippen molar-refractivity contribution in [2.45, 2.75) is 46.0 Å². The summed E-state index contributed by atoms with van der Waals surface area (Å²) in [7, 11) is 0. The fourth-order valence-corrected chi connectivity index (χ4v) is 1.86. The molecule has 2 nitrogen and oxygen atoms in total. The van der Waals surface area contributed by atoms with Crippen LogP contribution in [0.1, 0.15) is 45.1 Å². The molecule has 0 aromatic carbocycles. The zero-order valence-electron chi connectivity index (χ0n) is 9.87. The third-order valence-corrected chi connectivity index (χ3v) is 2.99. The van der Waals surface area contributed by atoms with E-state index in [9.17, 15) is 0 Å². The first-order valence-electron chi connectivity index (χ1n) is 5.96. The summed E-state index contributed by atoms with van der Waals surface area (Å²) in [5, 5.41) is 0. The molecule has 1 aromatic heterocycles. The molecule has 1 aromatic rings. The molecular formula is C13H22N2. The maximum Gasteiger partial charge on any atom is 0.0377 e. The van der Waals surface area contributed by atoms with Gasteiger partial charge in [-0.05, 0) is 24.0 Å². The first kappa shape index (κ1) is 12.0. The number of unbranched alkanes of at least 4 members (excludes halogenated alkanes) is 1. The standard InChI is InChI=1S/C13H22N2/c1-3-5-6-11(4-2)9-12-10-15-8-7-13(12)14/h7-8,10-11H,3-6,9H2,1-2H3,(H2,14,15). The molecule has 0 fully saturated rings. The van der Waals surface area contributed by atoms with Crippen molar-refractivity contribution in [3.05, 3.63) is 24.0 Å². The Labute approximate surface area is 92.9 Å². The van der Waals surface area contributed by atoms with Gasteiger partial charge in [-0.3, -0.25) is 4.98 Å². The summed E-state index contributed by atoms with van der Waals surface area (Å²) < 4.78 is 0. The zero-order valence-corrected chi connectivity index (χ0v) is 9.87. The van der Waals surface area contributed by atoms with Gasteiger partial charge in [0.25, 0.3) is 0 Å². The topological polar surface area (TPSA) is 38.9 Å². The molecule has 2 N–H and O–H groups in total. The van der Waals surface area contributed by atoms with Crippen LogP contribution in [-0.4, -0.2) is 4.98 Å².